The topological polar surface area (TPSA) is 79.5 Å². The summed E-state index contributed by atoms with van der Waals surface area (Å²) in [6, 6.07) is 3.64. The number of carbonyl (C=O) groups excluding carboxylic acids is 1. The van der Waals surface area contributed by atoms with Crippen LogP contribution in [0.3, 0.4) is 0 Å². The van der Waals surface area contributed by atoms with Crippen LogP contribution >= 0.6 is 0 Å². The molecular formula is C14H19NO4. The monoisotopic (exact) mass is 265 g/mol. The van der Waals surface area contributed by atoms with Crippen LogP contribution in [0.2, 0.25) is 0 Å². The highest BCUT2D eigenvalue weighted by atomic mass is 16.4. The Morgan fingerprint density at radius 2 is 2.05 bits per heavy atom. The van der Waals surface area contributed by atoms with Crippen molar-refractivity contribution >= 4 is 11.9 Å². The van der Waals surface area contributed by atoms with Crippen LogP contribution in [0.15, 0.2) is 16.5 Å². The van der Waals surface area contributed by atoms with E-state index in [1.807, 2.05) is 26.0 Å². The molecule has 104 valence electrons. The third kappa shape index (κ3) is 3.16. The number of furan rings is 1. The van der Waals surface area contributed by atoms with Crippen LogP contribution in [0.4, 0.5) is 0 Å². The van der Waals surface area contributed by atoms with Crippen molar-refractivity contribution in [3.63, 3.8) is 0 Å². The molecule has 1 saturated carbocycles. The van der Waals surface area contributed by atoms with Crippen molar-refractivity contribution in [3.05, 3.63) is 23.7 Å². The van der Waals surface area contributed by atoms with Crippen LogP contribution in [0.25, 0.3) is 0 Å². The number of amides is 1. The van der Waals surface area contributed by atoms with Gasteiger partial charge in [-0.2, -0.15) is 0 Å². The predicted octanol–water partition coefficient (Wildman–Crippen LogP) is 1.95. The van der Waals surface area contributed by atoms with Crippen LogP contribution in [-0.4, -0.2) is 17.0 Å². The second-order valence-corrected chi connectivity index (χ2v) is 5.36. The molecule has 2 N–H and O–H groups in total. The van der Waals surface area contributed by atoms with E-state index in [0.29, 0.717) is 25.1 Å². The van der Waals surface area contributed by atoms with Gasteiger partial charge < -0.3 is 14.8 Å². The van der Waals surface area contributed by atoms with Gasteiger partial charge in [-0.15, -0.1) is 0 Å². The van der Waals surface area contributed by atoms with Crippen LogP contribution in [0, 0.1) is 24.7 Å². The number of hydrogen-bond donors (Lipinski definition) is 2. The van der Waals surface area contributed by atoms with Crippen molar-refractivity contribution in [3.8, 4) is 0 Å². The number of aryl methyl sites for hydroxylation is 1. The number of carboxylic acid groups (broad SMARTS) is 1. The fraction of sp³-hybridized carbons (Fsp3) is 0.571. The van der Waals surface area contributed by atoms with Gasteiger partial charge in [0.05, 0.1) is 18.4 Å². The molecule has 1 aliphatic carbocycles. The predicted molar refractivity (Wildman–Crippen MR) is 68.3 cm³/mol. The highest BCUT2D eigenvalue weighted by Crippen LogP contribution is 2.36. The first-order chi connectivity index (χ1) is 8.97. The summed E-state index contributed by atoms with van der Waals surface area (Å²) in [5.74, 6) is -0.297. The van der Waals surface area contributed by atoms with Crippen molar-refractivity contribution < 1.29 is 19.1 Å². The third-order valence-corrected chi connectivity index (χ3v) is 3.69. The summed E-state index contributed by atoms with van der Waals surface area (Å²) in [5, 5.41) is 11.9. The summed E-state index contributed by atoms with van der Waals surface area (Å²) in [6.45, 7) is 4.13. The molecule has 2 rings (SSSR count). The van der Waals surface area contributed by atoms with E-state index >= 15 is 0 Å². The van der Waals surface area contributed by atoms with E-state index in [0.717, 1.165) is 5.76 Å². The lowest BCUT2D eigenvalue weighted by Crippen LogP contribution is -2.34. The number of carbonyl (C=O) groups is 2. The lowest BCUT2D eigenvalue weighted by atomic mass is 9.95. The number of nitrogens with one attached hydrogen (secondary N) is 1. The minimum absolute atomic E-state index is 0.189. The Labute approximate surface area is 112 Å². The van der Waals surface area contributed by atoms with Crippen LogP contribution in [0.5, 0.6) is 0 Å². The van der Waals surface area contributed by atoms with E-state index in [1.54, 1.807) is 0 Å². The van der Waals surface area contributed by atoms with Crippen molar-refractivity contribution in [1.29, 1.82) is 0 Å². The zero-order valence-electron chi connectivity index (χ0n) is 11.2. The van der Waals surface area contributed by atoms with Gasteiger partial charge in [0.15, 0.2) is 0 Å². The van der Waals surface area contributed by atoms with Crippen LogP contribution in [-0.2, 0) is 16.1 Å². The van der Waals surface area contributed by atoms with Gasteiger partial charge in [-0.3, -0.25) is 9.59 Å². The Balaban J connectivity index is 1.93. The molecule has 1 aromatic rings. The maximum atomic E-state index is 12.1. The van der Waals surface area contributed by atoms with Gasteiger partial charge in [-0.1, -0.05) is 6.92 Å². The molecular weight excluding hydrogens is 246 g/mol. The van der Waals surface area contributed by atoms with Crippen LogP contribution < -0.4 is 5.32 Å². The zero-order chi connectivity index (χ0) is 14.0. The van der Waals surface area contributed by atoms with E-state index in [4.69, 9.17) is 9.52 Å². The summed E-state index contributed by atoms with van der Waals surface area (Å²) >= 11 is 0. The molecule has 0 radical (unpaired) electrons. The fourth-order valence-corrected chi connectivity index (χ4v) is 2.74. The summed E-state index contributed by atoms with van der Waals surface area (Å²) < 4.78 is 5.36. The Kier molecular flexibility index (Phi) is 3.93. The Morgan fingerprint density at radius 3 is 2.63 bits per heavy atom. The maximum absolute atomic E-state index is 12.1. The van der Waals surface area contributed by atoms with Gasteiger partial charge in [0.2, 0.25) is 5.91 Å². The molecule has 0 bridgehead atoms. The summed E-state index contributed by atoms with van der Waals surface area (Å²) in [7, 11) is 0. The molecule has 5 heteroatoms. The number of hydrogen-bond acceptors (Lipinski definition) is 3. The highest BCUT2D eigenvalue weighted by Gasteiger charge is 2.41. The second-order valence-electron chi connectivity index (χ2n) is 5.36. The van der Waals surface area contributed by atoms with Gasteiger partial charge >= 0.3 is 5.97 Å². The molecule has 1 fully saturated rings. The highest BCUT2D eigenvalue weighted by molar-refractivity contribution is 5.85. The molecule has 5 nitrogen and oxygen atoms in total. The fourth-order valence-electron chi connectivity index (χ4n) is 2.74. The molecule has 3 unspecified atom stereocenters. The molecule has 0 aliphatic heterocycles. The Bertz CT molecular complexity index is 480. The Morgan fingerprint density at radius 1 is 1.37 bits per heavy atom. The average molecular weight is 265 g/mol. The standard InChI is InChI=1S/C14H19NO4/c1-8-5-11(12(6-8)14(17)18)13(16)15-7-10-4-3-9(2)19-10/h3-4,8,11-12H,5-7H2,1-2H3,(H,15,16)(H,17,18). The normalized spacial score (nSPS) is 26.3. The summed E-state index contributed by atoms with van der Waals surface area (Å²) in [6.07, 6.45) is 1.22. The smallest absolute Gasteiger partial charge is 0.307 e. The first kappa shape index (κ1) is 13.6. The number of aliphatic carboxylic acids is 1. The molecule has 1 heterocycles. The van der Waals surface area contributed by atoms with Gasteiger partial charge in [-0.05, 0) is 37.8 Å². The SMILES string of the molecule is Cc1ccc(CNC(=O)C2CC(C)CC2C(=O)O)o1. The Hall–Kier alpha value is -1.78. The van der Waals surface area contributed by atoms with E-state index in [1.165, 1.54) is 0 Å². The quantitative estimate of drug-likeness (QED) is 0.872. The van der Waals surface area contributed by atoms with Crippen molar-refractivity contribution in [2.45, 2.75) is 33.2 Å². The number of carboxylic acids is 1. The minimum Gasteiger partial charge on any atom is -0.481 e. The molecule has 3 atom stereocenters. The van der Waals surface area contributed by atoms with E-state index in [2.05, 4.69) is 5.32 Å². The van der Waals surface area contributed by atoms with E-state index in [-0.39, 0.29) is 11.8 Å². The molecule has 19 heavy (non-hydrogen) atoms. The first-order valence-electron chi connectivity index (χ1n) is 6.53. The van der Waals surface area contributed by atoms with E-state index in [9.17, 15) is 9.59 Å². The first-order valence-corrected chi connectivity index (χ1v) is 6.53. The summed E-state index contributed by atoms with van der Waals surface area (Å²) in [5.41, 5.74) is 0. The molecule has 0 spiro atoms. The number of rotatable bonds is 4. The summed E-state index contributed by atoms with van der Waals surface area (Å²) in [4.78, 5) is 23.2. The minimum atomic E-state index is -0.877. The van der Waals surface area contributed by atoms with Gasteiger partial charge in [0.1, 0.15) is 11.5 Å². The van der Waals surface area contributed by atoms with Crippen LogP contribution in [0.1, 0.15) is 31.3 Å². The molecule has 0 saturated heterocycles. The average Bonchev–Trinajstić information content (AvgIpc) is 2.92. The third-order valence-electron chi connectivity index (χ3n) is 3.69. The van der Waals surface area contributed by atoms with Crippen molar-refractivity contribution in [1.82, 2.24) is 5.32 Å². The zero-order valence-corrected chi connectivity index (χ0v) is 11.2. The molecule has 1 aromatic heterocycles. The molecule has 1 aliphatic rings. The maximum Gasteiger partial charge on any atom is 0.307 e. The molecule has 1 amide bonds. The van der Waals surface area contributed by atoms with Gasteiger partial charge in [-0.25, -0.2) is 0 Å². The van der Waals surface area contributed by atoms with Gasteiger partial charge in [0.25, 0.3) is 0 Å². The van der Waals surface area contributed by atoms with Gasteiger partial charge in [0, 0.05) is 0 Å². The van der Waals surface area contributed by atoms with Crippen molar-refractivity contribution in [2.75, 3.05) is 0 Å². The molecule has 0 aromatic carbocycles. The van der Waals surface area contributed by atoms with E-state index < -0.39 is 17.8 Å². The van der Waals surface area contributed by atoms with Crippen molar-refractivity contribution in [2.24, 2.45) is 17.8 Å². The second kappa shape index (κ2) is 5.47. The lowest BCUT2D eigenvalue weighted by Gasteiger charge is -2.14. The largest absolute Gasteiger partial charge is 0.481 e. The lowest BCUT2D eigenvalue weighted by molar-refractivity contribution is -0.146.